The first kappa shape index (κ1) is 20.9. The van der Waals surface area contributed by atoms with Crippen molar-refractivity contribution >= 4 is 45.8 Å². The Kier molecular flexibility index (Phi) is 5.99. The van der Waals surface area contributed by atoms with E-state index in [9.17, 15) is 19.7 Å². The highest BCUT2D eigenvalue weighted by Gasteiger charge is 2.46. The maximum absolute atomic E-state index is 13.2. The first-order valence-electron chi connectivity index (χ1n) is 8.82. The van der Waals surface area contributed by atoms with E-state index < -0.39 is 21.6 Å². The lowest BCUT2D eigenvalue weighted by molar-refractivity contribution is -0.384. The lowest BCUT2D eigenvalue weighted by Gasteiger charge is -2.42. The summed E-state index contributed by atoms with van der Waals surface area (Å²) in [5, 5.41) is 13.6. The van der Waals surface area contributed by atoms with E-state index in [1.54, 1.807) is 0 Å². The van der Waals surface area contributed by atoms with E-state index in [0.29, 0.717) is 10.9 Å². The minimum atomic E-state index is -0.800. The molecule has 1 fully saturated rings. The molecule has 29 heavy (non-hydrogen) atoms. The molecule has 1 N–H and O–H groups in total. The minimum Gasteiger partial charge on any atom is -0.339 e. The summed E-state index contributed by atoms with van der Waals surface area (Å²) in [7, 11) is 0. The van der Waals surface area contributed by atoms with Gasteiger partial charge in [-0.05, 0) is 31.5 Å². The zero-order valence-corrected chi connectivity index (χ0v) is 17.5. The third-order valence-electron chi connectivity index (χ3n) is 4.58. The first-order valence-corrected chi connectivity index (χ1v) is 10.0. The van der Waals surface area contributed by atoms with Gasteiger partial charge in [0.05, 0.1) is 11.5 Å². The maximum Gasteiger partial charge on any atom is 0.269 e. The van der Waals surface area contributed by atoms with Gasteiger partial charge in [0.25, 0.3) is 17.5 Å². The Morgan fingerprint density at radius 3 is 2.41 bits per heavy atom. The van der Waals surface area contributed by atoms with Crippen LogP contribution in [0.1, 0.15) is 29.8 Å². The number of non-ortho nitro benzene ring substituents is 1. The number of hydrogen-bond acceptors (Lipinski definition) is 6. The normalized spacial score (nSPS) is 18.4. The number of carbonyl (C=O) groups is 2. The van der Waals surface area contributed by atoms with Crippen molar-refractivity contribution in [2.24, 2.45) is 0 Å². The SMILES string of the molecule is CC1(C)SC(=S)N(Cc2ccccc2)C(=O)C1NC(=O)c1ccc([N+](=O)[O-])cc1. The molecule has 0 aromatic heterocycles. The summed E-state index contributed by atoms with van der Waals surface area (Å²) >= 11 is 6.80. The van der Waals surface area contributed by atoms with Crippen LogP contribution in [0, 0.1) is 10.1 Å². The number of thioether (sulfide) groups is 1. The number of carbonyl (C=O) groups excluding carboxylic acids is 2. The molecular weight excluding hydrogens is 410 g/mol. The van der Waals surface area contributed by atoms with Gasteiger partial charge in [0.2, 0.25) is 0 Å². The van der Waals surface area contributed by atoms with Crippen LogP contribution >= 0.6 is 24.0 Å². The van der Waals surface area contributed by atoms with Crippen molar-refractivity contribution in [3.05, 3.63) is 75.8 Å². The number of nitro benzene ring substituents is 1. The summed E-state index contributed by atoms with van der Waals surface area (Å²) < 4.78 is -0.178. The van der Waals surface area contributed by atoms with Crippen molar-refractivity contribution in [3.63, 3.8) is 0 Å². The molecule has 2 amide bonds. The Morgan fingerprint density at radius 1 is 1.21 bits per heavy atom. The van der Waals surface area contributed by atoms with E-state index in [1.807, 2.05) is 44.2 Å². The second-order valence-electron chi connectivity index (χ2n) is 7.09. The molecule has 1 unspecified atom stereocenters. The first-order chi connectivity index (χ1) is 13.7. The fraction of sp³-hybridized carbons (Fsp3) is 0.250. The predicted molar refractivity (Wildman–Crippen MR) is 116 cm³/mol. The van der Waals surface area contributed by atoms with Gasteiger partial charge in [-0.2, -0.15) is 0 Å². The van der Waals surface area contributed by atoms with Crippen molar-refractivity contribution in [2.75, 3.05) is 0 Å². The molecule has 0 saturated carbocycles. The zero-order valence-electron chi connectivity index (χ0n) is 15.8. The molecule has 7 nitrogen and oxygen atoms in total. The third-order valence-corrected chi connectivity index (χ3v) is 6.21. The van der Waals surface area contributed by atoms with Crippen molar-refractivity contribution in [2.45, 2.75) is 31.2 Å². The highest BCUT2D eigenvalue weighted by molar-refractivity contribution is 8.24. The van der Waals surface area contributed by atoms with Crippen molar-refractivity contribution in [3.8, 4) is 0 Å². The maximum atomic E-state index is 13.2. The van der Waals surface area contributed by atoms with E-state index in [4.69, 9.17) is 12.2 Å². The Bertz CT molecular complexity index is 961. The number of nitrogens with one attached hydrogen (secondary N) is 1. The van der Waals surface area contributed by atoms with Gasteiger partial charge in [-0.3, -0.25) is 24.6 Å². The van der Waals surface area contributed by atoms with E-state index in [-0.39, 0.29) is 17.2 Å². The molecule has 0 spiro atoms. The molecule has 1 saturated heterocycles. The summed E-state index contributed by atoms with van der Waals surface area (Å²) in [5.74, 6) is -0.753. The van der Waals surface area contributed by atoms with Crippen LogP contribution in [-0.4, -0.2) is 36.7 Å². The number of thiocarbonyl (C=S) groups is 1. The van der Waals surface area contributed by atoms with Gasteiger partial charge in [-0.15, -0.1) is 0 Å². The van der Waals surface area contributed by atoms with E-state index in [2.05, 4.69) is 5.32 Å². The molecule has 150 valence electrons. The quantitative estimate of drug-likeness (QED) is 0.444. The molecule has 1 aliphatic heterocycles. The zero-order chi connectivity index (χ0) is 21.2. The number of rotatable bonds is 5. The summed E-state index contributed by atoms with van der Waals surface area (Å²) in [6.45, 7) is 4.02. The predicted octanol–water partition coefficient (Wildman–Crippen LogP) is 3.53. The Hall–Kier alpha value is -2.78. The summed E-state index contributed by atoms with van der Waals surface area (Å²) in [4.78, 5) is 37.6. The molecule has 1 aliphatic rings. The second-order valence-corrected chi connectivity index (χ2v) is 9.38. The Labute approximate surface area is 177 Å². The standard InChI is InChI=1S/C20H19N3O4S2/c1-20(2)16(21-17(24)14-8-10-15(11-9-14)23(26)27)18(25)22(19(28)29-20)12-13-6-4-3-5-7-13/h3-11,16H,12H2,1-2H3,(H,21,24). The topological polar surface area (TPSA) is 92.6 Å². The summed E-state index contributed by atoms with van der Waals surface area (Å²) in [6.07, 6.45) is 0. The number of nitrogens with zero attached hydrogens (tertiary/aromatic N) is 2. The van der Waals surface area contributed by atoms with Crippen LogP contribution in [-0.2, 0) is 11.3 Å². The average Bonchev–Trinajstić information content (AvgIpc) is 2.69. The van der Waals surface area contributed by atoms with E-state index in [0.717, 1.165) is 5.56 Å². The molecule has 1 heterocycles. The molecule has 0 radical (unpaired) electrons. The van der Waals surface area contributed by atoms with Crippen LogP contribution in [0.25, 0.3) is 0 Å². The van der Waals surface area contributed by atoms with E-state index >= 15 is 0 Å². The molecule has 2 aromatic carbocycles. The van der Waals surface area contributed by atoms with Gasteiger partial charge in [0.1, 0.15) is 10.4 Å². The van der Waals surface area contributed by atoms with Crippen molar-refractivity contribution in [1.82, 2.24) is 10.2 Å². The minimum absolute atomic E-state index is 0.106. The van der Waals surface area contributed by atoms with Gasteiger partial charge in [-0.25, -0.2) is 0 Å². The van der Waals surface area contributed by atoms with Crippen LogP contribution in [0.2, 0.25) is 0 Å². The number of nitro groups is 1. The Balaban J connectivity index is 1.80. The van der Waals surface area contributed by atoms with Gasteiger partial charge in [-0.1, -0.05) is 54.3 Å². The highest BCUT2D eigenvalue weighted by atomic mass is 32.2. The van der Waals surface area contributed by atoms with Crippen LogP contribution in [0.4, 0.5) is 5.69 Å². The highest BCUT2D eigenvalue weighted by Crippen LogP contribution is 2.37. The lowest BCUT2D eigenvalue weighted by Crippen LogP contribution is -2.62. The summed E-state index contributed by atoms with van der Waals surface area (Å²) in [5.41, 5.74) is 1.07. The Morgan fingerprint density at radius 2 is 1.83 bits per heavy atom. The largest absolute Gasteiger partial charge is 0.339 e. The summed E-state index contributed by atoms with van der Waals surface area (Å²) in [6, 6.07) is 13.9. The average molecular weight is 430 g/mol. The molecule has 3 rings (SSSR count). The molecule has 0 aliphatic carbocycles. The van der Waals surface area contributed by atoms with Gasteiger partial charge >= 0.3 is 0 Å². The van der Waals surface area contributed by atoms with Crippen LogP contribution in [0.15, 0.2) is 54.6 Å². The van der Waals surface area contributed by atoms with Crippen LogP contribution in [0.3, 0.4) is 0 Å². The number of hydrogen-bond donors (Lipinski definition) is 1. The molecule has 1 atom stereocenters. The van der Waals surface area contributed by atoms with Gasteiger partial charge < -0.3 is 5.32 Å². The van der Waals surface area contributed by atoms with Gasteiger partial charge in [0, 0.05) is 22.4 Å². The molecule has 9 heteroatoms. The van der Waals surface area contributed by atoms with Gasteiger partial charge in [0.15, 0.2) is 0 Å². The van der Waals surface area contributed by atoms with Crippen molar-refractivity contribution in [1.29, 1.82) is 0 Å². The lowest BCUT2D eigenvalue weighted by atomic mass is 10.00. The molecule has 0 bridgehead atoms. The fourth-order valence-electron chi connectivity index (χ4n) is 2.98. The molecular formula is C20H19N3O4S2. The van der Waals surface area contributed by atoms with Crippen molar-refractivity contribution < 1.29 is 14.5 Å². The fourth-order valence-corrected chi connectivity index (χ4v) is 4.77. The van der Waals surface area contributed by atoms with E-state index in [1.165, 1.54) is 40.9 Å². The van der Waals surface area contributed by atoms with Crippen LogP contribution < -0.4 is 5.32 Å². The number of amides is 2. The monoisotopic (exact) mass is 429 g/mol. The van der Waals surface area contributed by atoms with Crippen LogP contribution in [0.5, 0.6) is 0 Å². The smallest absolute Gasteiger partial charge is 0.269 e. The molecule has 2 aromatic rings. The third kappa shape index (κ3) is 4.63. The second kappa shape index (κ2) is 8.30. The number of benzene rings is 2.